The SMILES string of the molecule is [CH2]Oc1c(OC)cccc1C(C)C. The third-order valence-electron chi connectivity index (χ3n) is 2.00. The Morgan fingerprint density at radius 1 is 1.31 bits per heavy atom. The van der Waals surface area contributed by atoms with Gasteiger partial charge in [0.05, 0.1) is 7.11 Å². The molecule has 0 aromatic heterocycles. The molecule has 0 aliphatic heterocycles. The second-order valence-electron chi connectivity index (χ2n) is 3.18. The van der Waals surface area contributed by atoms with E-state index < -0.39 is 0 Å². The largest absolute Gasteiger partial charge is 0.493 e. The Hall–Kier alpha value is -1.18. The highest BCUT2D eigenvalue weighted by Gasteiger charge is 2.11. The topological polar surface area (TPSA) is 18.5 Å². The highest BCUT2D eigenvalue weighted by Crippen LogP contribution is 2.35. The minimum absolute atomic E-state index is 0.409. The number of methoxy groups -OCH3 is 1. The first-order chi connectivity index (χ1) is 6.20. The Kier molecular flexibility index (Phi) is 3.18. The predicted octanol–water partition coefficient (Wildman–Crippen LogP) is 2.99. The van der Waals surface area contributed by atoms with Crippen molar-refractivity contribution in [1.29, 1.82) is 0 Å². The van der Waals surface area contributed by atoms with E-state index in [0.29, 0.717) is 5.92 Å². The summed E-state index contributed by atoms with van der Waals surface area (Å²) in [6, 6.07) is 5.84. The van der Waals surface area contributed by atoms with Crippen molar-refractivity contribution in [1.82, 2.24) is 0 Å². The van der Waals surface area contributed by atoms with E-state index in [2.05, 4.69) is 21.0 Å². The summed E-state index contributed by atoms with van der Waals surface area (Å²) in [4.78, 5) is 0. The summed E-state index contributed by atoms with van der Waals surface area (Å²) < 4.78 is 10.2. The minimum atomic E-state index is 0.409. The van der Waals surface area contributed by atoms with Gasteiger partial charge in [-0.25, -0.2) is 0 Å². The van der Waals surface area contributed by atoms with Crippen molar-refractivity contribution in [3.05, 3.63) is 30.9 Å². The van der Waals surface area contributed by atoms with Crippen LogP contribution in [0.5, 0.6) is 11.5 Å². The van der Waals surface area contributed by atoms with Crippen LogP contribution in [0.4, 0.5) is 0 Å². The molecule has 13 heavy (non-hydrogen) atoms. The van der Waals surface area contributed by atoms with Crippen LogP contribution in [0, 0.1) is 7.11 Å². The number of hydrogen-bond donors (Lipinski definition) is 0. The van der Waals surface area contributed by atoms with Crippen LogP contribution in [0.1, 0.15) is 25.3 Å². The molecule has 0 atom stereocenters. The van der Waals surface area contributed by atoms with Gasteiger partial charge in [-0.1, -0.05) is 26.0 Å². The molecule has 0 N–H and O–H groups in total. The maximum Gasteiger partial charge on any atom is 0.164 e. The summed E-state index contributed by atoms with van der Waals surface area (Å²) in [5, 5.41) is 0. The van der Waals surface area contributed by atoms with Gasteiger partial charge >= 0.3 is 0 Å². The van der Waals surface area contributed by atoms with Gasteiger partial charge in [0.2, 0.25) is 0 Å². The van der Waals surface area contributed by atoms with E-state index in [1.54, 1.807) is 7.11 Å². The second kappa shape index (κ2) is 4.17. The lowest BCUT2D eigenvalue weighted by molar-refractivity contribution is 0.372. The van der Waals surface area contributed by atoms with Crippen molar-refractivity contribution >= 4 is 0 Å². The van der Waals surface area contributed by atoms with Crippen molar-refractivity contribution in [2.45, 2.75) is 19.8 Å². The molecule has 0 aliphatic rings. The Bertz CT molecular complexity index is 279. The van der Waals surface area contributed by atoms with E-state index >= 15 is 0 Å². The molecule has 0 heterocycles. The molecule has 0 spiro atoms. The maximum atomic E-state index is 5.16. The van der Waals surface area contributed by atoms with Crippen molar-refractivity contribution in [2.24, 2.45) is 0 Å². The molecule has 2 nitrogen and oxygen atoms in total. The van der Waals surface area contributed by atoms with Crippen molar-refractivity contribution in [3.8, 4) is 11.5 Å². The predicted molar refractivity (Wildman–Crippen MR) is 53.1 cm³/mol. The molecule has 0 aliphatic carbocycles. The maximum absolute atomic E-state index is 5.16. The van der Waals surface area contributed by atoms with Gasteiger partial charge in [-0.2, -0.15) is 0 Å². The van der Waals surface area contributed by atoms with E-state index in [-0.39, 0.29) is 0 Å². The normalized spacial score (nSPS) is 10.2. The van der Waals surface area contributed by atoms with Gasteiger partial charge < -0.3 is 9.47 Å². The van der Waals surface area contributed by atoms with Crippen LogP contribution in [0.3, 0.4) is 0 Å². The first kappa shape index (κ1) is 9.90. The zero-order valence-corrected chi connectivity index (χ0v) is 8.33. The molecule has 2 heteroatoms. The zero-order valence-electron chi connectivity index (χ0n) is 8.33. The number of ether oxygens (including phenoxy) is 2. The minimum Gasteiger partial charge on any atom is -0.493 e. The van der Waals surface area contributed by atoms with Crippen LogP contribution in [0.2, 0.25) is 0 Å². The molecule has 0 amide bonds. The number of benzene rings is 1. The van der Waals surface area contributed by atoms with Crippen molar-refractivity contribution in [3.63, 3.8) is 0 Å². The fourth-order valence-electron chi connectivity index (χ4n) is 1.30. The lowest BCUT2D eigenvalue weighted by Crippen LogP contribution is -1.95. The van der Waals surface area contributed by atoms with Gasteiger partial charge in [0.1, 0.15) is 7.11 Å². The summed E-state index contributed by atoms with van der Waals surface area (Å²) in [5.74, 6) is 1.88. The third kappa shape index (κ3) is 1.94. The van der Waals surface area contributed by atoms with Gasteiger partial charge in [0.15, 0.2) is 11.5 Å². The summed E-state index contributed by atoms with van der Waals surface area (Å²) in [6.45, 7) is 4.22. The summed E-state index contributed by atoms with van der Waals surface area (Å²) in [6.07, 6.45) is 0. The number of para-hydroxylation sites is 1. The molecular formula is C11H15O2. The fraction of sp³-hybridized carbons (Fsp3) is 0.364. The first-order valence-electron chi connectivity index (χ1n) is 4.29. The fourth-order valence-corrected chi connectivity index (χ4v) is 1.30. The first-order valence-corrected chi connectivity index (χ1v) is 4.29. The van der Waals surface area contributed by atoms with E-state index in [4.69, 9.17) is 9.47 Å². The third-order valence-corrected chi connectivity index (χ3v) is 2.00. The Balaban J connectivity index is 3.19. The molecular weight excluding hydrogens is 164 g/mol. The zero-order chi connectivity index (χ0) is 9.84. The Morgan fingerprint density at radius 3 is 2.46 bits per heavy atom. The standard InChI is InChI=1S/C11H15O2/c1-8(2)9-6-5-7-10(12-3)11(9)13-4/h5-8H,4H2,1-3H3. The van der Waals surface area contributed by atoms with E-state index in [1.165, 1.54) is 0 Å². The molecule has 71 valence electrons. The summed E-state index contributed by atoms with van der Waals surface area (Å²) in [7, 11) is 5.05. The molecule has 0 saturated heterocycles. The number of hydrogen-bond acceptors (Lipinski definition) is 2. The van der Waals surface area contributed by atoms with E-state index in [0.717, 1.165) is 17.1 Å². The van der Waals surface area contributed by atoms with Crippen LogP contribution >= 0.6 is 0 Å². The van der Waals surface area contributed by atoms with Gasteiger partial charge in [-0.05, 0) is 12.0 Å². The van der Waals surface area contributed by atoms with Crippen LogP contribution in [-0.2, 0) is 0 Å². The van der Waals surface area contributed by atoms with Gasteiger partial charge in [-0.3, -0.25) is 0 Å². The van der Waals surface area contributed by atoms with Crippen molar-refractivity contribution < 1.29 is 9.47 Å². The van der Waals surface area contributed by atoms with Crippen LogP contribution < -0.4 is 9.47 Å². The number of rotatable bonds is 3. The average molecular weight is 179 g/mol. The van der Waals surface area contributed by atoms with Crippen LogP contribution in [0.15, 0.2) is 18.2 Å². The van der Waals surface area contributed by atoms with Crippen LogP contribution in [-0.4, -0.2) is 7.11 Å². The van der Waals surface area contributed by atoms with Gasteiger partial charge in [0.25, 0.3) is 0 Å². The smallest absolute Gasteiger partial charge is 0.164 e. The second-order valence-corrected chi connectivity index (χ2v) is 3.18. The highest BCUT2D eigenvalue weighted by atomic mass is 16.5. The van der Waals surface area contributed by atoms with Gasteiger partial charge in [0, 0.05) is 5.56 Å². The average Bonchev–Trinajstić information content (AvgIpc) is 2.16. The van der Waals surface area contributed by atoms with Crippen molar-refractivity contribution in [2.75, 3.05) is 7.11 Å². The highest BCUT2D eigenvalue weighted by molar-refractivity contribution is 5.47. The molecule has 0 bridgehead atoms. The lowest BCUT2D eigenvalue weighted by Gasteiger charge is -2.14. The van der Waals surface area contributed by atoms with E-state index in [1.807, 2.05) is 18.2 Å². The summed E-state index contributed by atoms with van der Waals surface area (Å²) >= 11 is 0. The summed E-state index contributed by atoms with van der Waals surface area (Å²) in [5.41, 5.74) is 1.12. The van der Waals surface area contributed by atoms with Crippen LogP contribution in [0.25, 0.3) is 0 Å². The molecule has 1 aromatic rings. The van der Waals surface area contributed by atoms with Gasteiger partial charge in [-0.15, -0.1) is 0 Å². The Morgan fingerprint density at radius 2 is 2.00 bits per heavy atom. The monoisotopic (exact) mass is 179 g/mol. The molecule has 1 rings (SSSR count). The quantitative estimate of drug-likeness (QED) is 0.710. The molecule has 0 unspecified atom stereocenters. The Labute approximate surface area is 79.5 Å². The molecule has 1 aromatic carbocycles. The molecule has 0 fully saturated rings. The van der Waals surface area contributed by atoms with E-state index in [9.17, 15) is 0 Å². The molecule has 1 radical (unpaired) electrons. The molecule has 0 saturated carbocycles. The lowest BCUT2D eigenvalue weighted by atomic mass is 10.0.